The van der Waals surface area contributed by atoms with E-state index < -0.39 is 53.7 Å². The summed E-state index contributed by atoms with van der Waals surface area (Å²) in [4.78, 5) is 31.4. The van der Waals surface area contributed by atoms with Crippen LogP contribution in [0, 0.1) is 11.6 Å². The molecule has 4 aliphatic heterocycles. The maximum absolute atomic E-state index is 15.3. The van der Waals surface area contributed by atoms with E-state index in [2.05, 4.69) is 51.7 Å². The first-order valence-electron chi connectivity index (χ1n) is 22.8. The Morgan fingerprint density at radius 3 is 2.06 bits per heavy atom. The fourth-order valence-corrected chi connectivity index (χ4v) is 9.74. The summed E-state index contributed by atoms with van der Waals surface area (Å²) < 4.78 is 55.8. The molecule has 344 valence electrons. The van der Waals surface area contributed by atoms with Gasteiger partial charge in [0.2, 0.25) is 5.78 Å². The molecule has 5 N–H and O–H groups in total. The maximum atomic E-state index is 15.3. The summed E-state index contributed by atoms with van der Waals surface area (Å²) >= 11 is 0. The summed E-state index contributed by atoms with van der Waals surface area (Å²) in [5, 5.41) is 26.3. The molecule has 1 unspecified atom stereocenters. The van der Waals surface area contributed by atoms with Crippen molar-refractivity contribution in [2.75, 3.05) is 59.1 Å². The van der Waals surface area contributed by atoms with Crippen LogP contribution in [0.15, 0.2) is 72.8 Å². The molecule has 1 aromatic heterocycles. The van der Waals surface area contributed by atoms with Gasteiger partial charge in [0.15, 0.2) is 34.6 Å². The average Bonchev–Trinajstić information content (AvgIpc) is 4.10. The Morgan fingerprint density at radius 2 is 1.37 bits per heavy atom. The van der Waals surface area contributed by atoms with Crippen LogP contribution in [0.2, 0.25) is 0 Å². The third kappa shape index (κ3) is 9.57. The minimum atomic E-state index is -1.33. The Hall–Kier alpha value is -5.58. The number of amides is 1. The average molecular weight is 894 g/mol. The zero-order valence-corrected chi connectivity index (χ0v) is 36.8. The van der Waals surface area contributed by atoms with Crippen molar-refractivity contribution in [2.24, 2.45) is 5.73 Å². The van der Waals surface area contributed by atoms with Crippen LogP contribution in [0.25, 0.3) is 22.0 Å². The molecule has 5 atom stereocenters. The first-order chi connectivity index (χ1) is 31.4. The number of rotatable bonds is 15. The van der Waals surface area contributed by atoms with E-state index in [1.807, 2.05) is 6.07 Å². The van der Waals surface area contributed by atoms with Crippen LogP contribution in [-0.4, -0.2) is 114 Å². The Morgan fingerprint density at radius 1 is 0.754 bits per heavy atom. The van der Waals surface area contributed by atoms with Crippen LogP contribution in [0.4, 0.5) is 8.78 Å². The number of ether oxygens (including phenoxy) is 4. The van der Waals surface area contributed by atoms with Gasteiger partial charge in [-0.3, -0.25) is 9.59 Å². The predicted molar refractivity (Wildman–Crippen MR) is 241 cm³/mol. The summed E-state index contributed by atoms with van der Waals surface area (Å²) in [6.45, 7) is 9.06. The molecule has 0 aliphatic carbocycles. The number of aliphatic hydroxyl groups is 2. The molecule has 2 fully saturated rings. The van der Waals surface area contributed by atoms with Gasteiger partial charge in [0.1, 0.15) is 32.0 Å². The third-order valence-electron chi connectivity index (χ3n) is 13.0. The number of aromatic nitrogens is 1. The molecule has 0 radical (unpaired) electrons. The summed E-state index contributed by atoms with van der Waals surface area (Å²) in [6.07, 6.45) is 1.83. The van der Waals surface area contributed by atoms with Gasteiger partial charge in [0, 0.05) is 53.8 Å². The summed E-state index contributed by atoms with van der Waals surface area (Å²) in [6, 6.07) is 19.3. The minimum absolute atomic E-state index is 0.0154. The van der Waals surface area contributed by atoms with E-state index >= 15 is 4.39 Å². The Bertz CT molecular complexity index is 2540. The number of likely N-dealkylation sites (tertiary alicyclic amines) is 2. The Kier molecular flexibility index (Phi) is 13.1. The highest BCUT2D eigenvalue weighted by atomic mass is 19.1. The standard InChI is InChI=1S/C50H57F2N5O8/c1-29(2)57-36(25-37-28-64-49-39(52)21-34(24-44(49)65-37)45(58)40(53)26-55-13-3-4-14-55)20-33-19-32(11-12-42(33)57)30-7-9-31(10-8-30)47(60)50(61)54-41(27-56-15-5-6-16-56)46(59)35-22-38(51)48-43(23-35)62-17-18-63-48/h7-12,19-24,29,37,40-41,45-46,58-59H,3-6,13-18,25-28,53H2,1-2H3,(H,54,61)/t37?,40-,41-,45-,46-/m1/s1. The van der Waals surface area contributed by atoms with E-state index in [1.165, 1.54) is 18.2 Å². The van der Waals surface area contributed by atoms with E-state index in [4.69, 9.17) is 24.7 Å². The van der Waals surface area contributed by atoms with E-state index in [9.17, 15) is 24.2 Å². The first-order valence-corrected chi connectivity index (χ1v) is 22.8. The topological polar surface area (TPSA) is 161 Å². The fraction of sp³-hybridized carbons (Fsp3) is 0.440. The van der Waals surface area contributed by atoms with Gasteiger partial charge in [-0.1, -0.05) is 30.3 Å². The van der Waals surface area contributed by atoms with Crippen molar-refractivity contribution >= 4 is 22.6 Å². The molecule has 65 heavy (non-hydrogen) atoms. The second-order valence-electron chi connectivity index (χ2n) is 18.0. The minimum Gasteiger partial charge on any atom is -0.486 e. The molecule has 0 bridgehead atoms. The lowest BCUT2D eigenvalue weighted by Crippen LogP contribution is -2.48. The maximum Gasteiger partial charge on any atom is 0.292 e. The summed E-state index contributed by atoms with van der Waals surface area (Å²) in [5.41, 5.74) is 10.9. The molecular formula is C50H57F2N5O8. The van der Waals surface area contributed by atoms with Crippen molar-refractivity contribution in [1.82, 2.24) is 19.7 Å². The number of benzene rings is 4. The van der Waals surface area contributed by atoms with Gasteiger partial charge in [0.25, 0.3) is 5.91 Å². The highest BCUT2D eigenvalue weighted by Crippen LogP contribution is 2.40. The second-order valence-corrected chi connectivity index (χ2v) is 18.0. The molecule has 4 aliphatic rings. The van der Waals surface area contributed by atoms with E-state index in [0.29, 0.717) is 18.5 Å². The molecule has 0 saturated carbocycles. The zero-order valence-electron chi connectivity index (χ0n) is 36.8. The summed E-state index contributed by atoms with van der Waals surface area (Å²) in [5.74, 6) is -2.48. The lowest BCUT2D eigenvalue weighted by Gasteiger charge is -2.29. The zero-order chi connectivity index (χ0) is 45.4. The number of nitrogens with zero attached hydrogens (tertiary/aromatic N) is 3. The van der Waals surface area contributed by atoms with Gasteiger partial charge < -0.3 is 54.6 Å². The highest BCUT2D eigenvalue weighted by molar-refractivity contribution is 6.42. The van der Waals surface area contributed by atoms with Crippen molar-refractivity contribution in [1.29, 1.82) is 0 Å². The number of hydrogen-bond donors (Lipinski definition) is 4. The third-order valence-corrected chi connectivity index (χ3v) is 13.0. The van der Waals surface area contributed by atoms with Crippen molar-refractivity contribution in [3.63, 3.8) is 0 Å². The Labute approximate surface area is 377 Å². The summed E-state index contributed by atoms with van der Waals surface area (Å²) in [7, 11) is 0. The van der Waals surface area contributed by atoms with E-state index in [-0.39, 0.29) is 66.5 Å². The molecule has 2 saturated heterocycles. The molecule has 0 spiro atoms. The van der Waals surface area contributed by atoms with Crippen LogP contribution in [0.5, 0.6) is 23.0 Å². The molecule has 13 nitrogen and oxygen atoms in total. The molecule has 1 amide bonds. The molecule has 9 rings (SSSR count). The number of Topliss-reactive ketones (excluding diaryl/α,β-unsaturated/α-hetero) is 1. The van der Waals surface area contributed by atoms with Crippen LogP contribution >= 0.6 is 0 Å². The van der Waals surface area contributed by atoms with Crippen LogP contribution in [-0.2, 0) is 11.2 Å². The smallest absolute Gasteiger partial charge is 0.292 e. The lowest BCUT2D eigenvalue weighted by atomic mass is 9.99. The number of halogens is 2. The molecule has 5 aromatic rings. The lowest BCUT2D eigenvalue weighted by molar-refractivity contribution is -0.118. The van der Waals surface area contributed by atoms with Gasteiger partial charge in [-0.25, -0.2) is 8.78 Å². The van der Waals surface area contributed by atoms with Gasteiger partial charge in [0.05, 0.1) is 12.1 Å². The van der Waals surface area contributed by atoms with Crippen molar-refractivity contribution in [3.8, 4) is 34.1 Å². The first kappa shape index (κ1) is 44.6. The number of carbonyl (C=O) groups excluding carboxylic acids is 2. The SMILES string of the molecule is CC(C)n1c(CC2COc3c(F)cc([C@@H](O)[C@H](N)CN4CCCC4)cc3O2)cc2cc(-c3ccc(C(=O)C(=O)N[C@H](CN4CCCC4)[C@H](O)c4cc(F)c5c(c4)OCCO5)cc3)ccc21. The number of aliphatic hydroxyl groups excluding tert-OH is 2. The largest absolute Gasteiger partial charge is 0.486 e. The van der Waals surface area contributed by atoms with Gasteiger partial charge >= 0.3 is 0 Å². The number of nitrogens with one attached hydrogen (secondary N) is 1. The number of nitrogens with two attached hydrogens (primary N) is 1. The number of ketones is 1. The van der Waals surface area contributed by atoms with Crippen LogP contribution in [0.1, 0.15) is 85.0 Å². The molecular weight excluding hydrogens is 837 g/mol. The van der Waals surface area contributed by atoms with Gasteiger partial charge in [-0.2, -0.15) is 0 Å². The van der Waals surface area contributed by atoms with E-state index in [1.54, 1.807) is 30.3 Å². The van der Waals surface area contributed by atoms with E-state index in [0.717, 1.165) is 79.6 Å². The number of carbonyl (C=O) groups is 2. The number of hydrogen-bond acceptors (Lipinski definition) is 11. The molecule has 15 heteroatoms. The van der Waals surface area contributed by atoms with Crippen molar-refractivity contribution in [3.05, 3.63) is 107 Å². The monoisotopic (exact) mass is 893 g/mol. The second kappa shape index (κ2) is 19.1. The van der Waals surface area contributed by atoms with Gasteiger partial charge in [-0.15, -0.1) is 0 Å². The molecule has 5 heterocycles. The normalized spacial score (nSPS) is 19.4. The van der Waals surface area contributed by atoms with Crippen molar-refractivity contribution < 1.29 is 47.5 Å². The molecule has 4 aromatic carbocycles. The quantitative estimate of drug-likeness (QED) is 0.0693. The van der Waals surface area contributed by atoms with Gasteiger partial charge in [-0.05, 0) is 130 Å². The fourth-order valence-electron chi connectivity index (χ4n) is 9.74. The highest BCUT2D eigenvalue weighted by Gasteiger charge is 2.33. The Balaban J connectivity index is 0.883. The van der Waals surface area contributed by atoms with Crippen LogP contribution < -0.4 is 30.0 Å². The number of fused-ring (bicyclic) bond motifs is 3. The van der Waals surface area contributed by atoms with Crippen molar-refractivity contribution in [2.45, 2.75) is 82.4 Å². The predicted octanol–water partition coefficient (Wildman–Crippen LogP) is 6.27. The van der Waals surface area contributed by atoms with Crippen LogP contribution in [0.3, 0.4) is 0 Å².